The first-order valence-electron chi connectivity index (χ1n) is 4.74. The fraction of sp³-hybridized carbons (Fsp3) is 0.0909. The Morgan fingerprint density at radius 1 is 1.59 bits per heavy atom. The molecule has 2 aromatic heterocycles. The van der Waals surface area contributed by atoms with Gasteiger partial charge in [0.15, 0.2) is 0 Å². The summed E-state index contributed by atoms with van der Waals surface area (Å²) in [5.74, 6) is -0.214. The molecule has 3 nitrogen and oxygen atoms in total. The van der Waals surface area contributed by atoms with Crippen molar-refractivity contribution < 1.29 is 4.79 Å². The van der Waals surface area contributed by atoms with Crippen LogP contribution in [0.1, 0.15) is 15.2 Å². The standard InChI is InChI=1S/C11H8BrClN2OS/c1-6-4-7(5-14-10(6)12)15-11(16)9-8(13)2-3-17-9/h2-5H,1H3,(H,15,16). The highest BCUT2D eigenvalue weighted by Crippen LogP contribution is 2.24. The van der Waals surface area contributed by atoms with E-state index in [1.807, 2.05) is 13.0 Å². The zero-order valence-corrected chi connectivity index (χ0v) is 12.0. The third-order valence-corrected chi connectivity index (χ3v) is 4.27. The van der Waals surface area contributed by atoms with Gasteiger partial charge >= 0.3 is 0 Å². The van der Waals surface area contributed by atoms with Gasteiger partial charge in [-0.15, -0.1) is 11.3 Å². The normalized spacial score (nSPS) is 10.3. The summed E-state index contributed by atoms with van der Waals surface area (Å²) in [7, 11) is 0. The molecule has 0 radical (unpaired) electrons. The lowest BCUT2D eigenvalue weighted by Crippen LogP contribution is -2.11. The predicted molar refractivity (Wildman–Crippen MR) is 74.0 cm³/mol. The van der Waals surface area contributed by atoms with E-state index in [0.717, 1.165) is 10.2 Å². The molecule has 0 unspecified atom stereocenters. The first kappa shape index (κ1) is 12.5. The van der Waals surface area contributed by atoms with E-state index in [1.54, 1.807) is 17.6 Å². The van der Waals surface area contributed by atoms with Gasteiger partial charge in [0.25, 0.3) is 5.91 Å². The lowest BCUT2D eigenvalue weighted by atomic mass is 10.3. The maximum Gasteiger partial charge on any atom is 0.267 e. The van der Waals surface area contributed by atoms with E-state index in [2.05, 4.69) is 26.2 Å². The fourth-order valence-electron chi connectivity index (χ4n) is 1.27. The highest BCUT2D eigenvalue weighted by atomic mass is 79.9. The van der Waals surface area contributed by atoms with E-state index in [0.29, 0.717) is 15.6 Å². The van der Waals surface area contributed by atoms with Gasteiger partial charge in [0.05, 0.1) is 16.9 Å². The summed E-state index contributed by atoms with van der Waals surface area (Å²) in [5.41, 5.74) is 1.61. The Labute approximate surface area is 116 Å². The van der Waals surface area contributed by atoms with Gasteiger partial charge in [0.1, 0.15) is 9.48 Å². The Morgan fingerprint density at radius 3 is 2.94 bits per heavy atom. The minimum atomic E-state index is -0.214. The Bertz CT molecular complexity index is 570. The quantitative estimate of drug-likeness (QED) is 0.841. The second kappa shape index (κ2) is 5.16. The van der Waals surface area contributed by atoms with Crippen molar-refractivity contribution in [2.45, 2.75) is 6.92 Å². The van der Waals surface area contributed by atoms with Crippen LogP contribution in [0.25, 0.3) is 0 Å². The number of rotatable bonds is 2. The summed E-state index contributed by atoms with van der Waals surface area (Å²) in [4.78, 5) is 16.5. The Hall–Kier alpha value is -0.910. The van der Waals surface area contributed by atoms with Crippen molar-refractivity contribution in [2.75, 3.05) is 5.32 Å². The summed E-state index contributed by atoms with van der Waals surface area (Å²) < 4.78 is 0.768. The van der Waals surface area contributed by atoms with Crippen molar-refractivity contribution in [1.82, 2.24) is 4.98 Å². The second-order valence-electron chi connectivity index (χ2n) is 3.38. The maximum absolute atomic E-state index is 11.9. The lowest BCUT2D eigenvalue weighted by Gasteiger charge is -2.05. The van der Waals surface area contributed by atoms with Crippen LogP contribution in [0.3, 0.4) is 0 Å². The largest absolute Gasteiger partial charge is 0.320 e. The van der Waals surface area contributed by atoms with Crippen LogP contribution in [0, 0.1) is 6.92 Å². The zero-order chi connectivity index (χ0) is 12.4. The molecule has 0 saturated heterocycles. The van der Waals surface area contributed by atoms with Crippen LogP contribution in [0.15, 0.2) is 28.3 Å². The molecule has 1 amide bonds. The minimum absolute atomic E-state index is 0.214. The van der Waals surface area contributed by atoms with Gasteiger partial charge in [-0.05, 0) is 45.9 Å². The number of amides is 1. The number of hydrogen-bond donors (Lipinski definition) is 1. The van der Waals surface area contributed by atoms with Crippen molar-refractivity contribution in [3.8, 4) is 0 Å². The number of thiophene rings is 1. The number of nitrogens with one attached hydrogen (secondary N) is 1. The van der Waals surface area contributed by atoms with Gasteiger partial charge in [-0.25, -0.2) is 4.98 Å². The van der Waals surface area contributed by atoms with Crippen LogP contribution in [-0.2, 0) is 0 Å². The van der Waals surface area contributed by atoms with Crippen molar-refractivity contribution in [1.29, 1.82) is 0 Å². The number of anilines is 1. The molecule has 0 bridgehead atoms. The van der Waals surface area contributed by atoms with Gasteiger partial charge in [-0.3, -0.25) is 4.79 Å². The first-order valence-corrected chi connectivity index (χ1v) is 6.79. The van der Waals surface area contributed by atoms with Crippen LogP contribution in [0.5, 0.6) is 0 Å². The zero-order valence-electron chi connectivity index (χ0n) is 8.83. The van der Waals surface area contributed by atoms with Crippen LogP contribution >= 0.6 is 38.9 Å². The van der Waals surface area contributed by atoms with Crippen LogP contribution in [0.2, 0.25) is 5.02 Å². The molecule has 6 heteroatoms. The van der Waals surface area contributed by atoms with E-state index in [1.165, 1.54) is 11.3 Å². The summed E-state index contributed by atoms with van der Waals surface area (Å²) in [6.07, 6.45) is 1.59. The third-order valence-electron chi connectivity index (χ3n) is 2.10. The molecule has 2 aromatic rings. The molecule has 2 heterocycles. The summed E-state index contributed by atoms with van der Waals surface area (Å²) in [6.45, 7) is 1.91. The number of carbonyl (C=O) groups is 1. The average molecular weight is 332 g/mol. The highest BCUT2D eigenvalue weighted by molar-refractivity contribution is 9.10. The molecular formula is C11H8BrClN2OS. The predicted octanol–water partition coefficient (Wildman–Crippen LogP) is 4.12. The molecule has 0 fully saturated rings. The van der Waals surface area contributed by atoms with Gasteiger partial charge in [0.2, 0.25) is 0 Å². The Morgan fingerprint density at radius 2 is 2.35 bits per heavy atom. The third kappa shape index (κ3) is 2.86. The van der Waals surface area contributed by atoms with E-state index >= 15 is 0 Å². The number of nitrogens with zero attached hydrogens (tertiary/aromatic N) is 1. The molecule has 0 aliphatic carbocycles. The molecule has 0 aliphatic rings. The van der Waals surface area contributed by atoms with Crippen LogP contribution in [0.4, 0.5) is 5.69 Å². The second-order valence-corrected chi connectivity index (χ2v) is 5.46. The number of aryl methyl sites for hydroxylation is 1. The van der Waals surface area contributed by atoms with E-state index in [-0.39, 0.29) is 5.91 Å². The summed E-state index contributed by atoms with van der Waals surface area (Å²) >= 11 is 10.5. The monoisotopic (exact) mass is 330 g/mol. The maximum atomic E-state index is 11.9. The summed E-state index contributed by atoms with van der Waals surface area (Å²) in [6, 6.07) is 3.54. The van der Waals surface area contributed by atoms with Crippen molar-refractivity contribution in [2.24, 2.45) is 0 Å². The Kier molecular flexibility index (Phi) is 3.81. The molecule has 1 N–H and O–H groups in total. The van der Waals surface area contributed by atoms with Crippen molar-refractivity contribution in [3.63, 3.8) is 0 Å². The lowest BCUT2D eigenvalue weighted by molar-refractivity contribution is 0.103. The Balaban J connectivity index is 2.19. The molecule has 17 heavy (non-hydrogen) atoms. The van der Waals surface area contributed by atoms with Gasteiger partial charge in [-0.2, -0.15) is 0 Å². The fourth-order valence-corrected chi connectivity index (χ4v) is 2.52. The van der Waals surface area contributed by atoms with Crippen molar-refractivity contribution in [3.05, 3.63) is 43.8 Å². The van der Waals surface area contributed by atoms with Crippen molar-refractivity contribution >= 4 is 50.5 Å². The topological polar surface area (TPSA) is 42.0 Å². The minimum Gasteiger partial charge on any atom is -0.320 e. The van der Waals surface area contributed by atoms with E-state index in [9.17, 15) is 4.79 Å². The molecule has 0 saturated carbocycles. The highest BCUT2D eigenvalue weighted by Gasteiger charge is 2.12. The molecule has 0 atom stereocenters. The van der Waals surface area contributed by atoms with Crippen LogP contribution in [-0.4, -0.2) is 10.9 Å². The van der Waals surface area contributed by atoms with Crippen LogP contribution < -0.4 is 5.32 Å². The number of halogens is 2. The molecule has 2 rings (SSSR count). The SMILES string of the molecule is Cc1cc(NC(=O)c2sccc2Cl)cnc1Br. The molecule has 0 aromatic carbocycles. The average Bonchev–Trinajstić information content (AvgIpc) is 2.70. The number of hydrogen-bond acceptors (Lipinski definition) is 3. The molecule has 0 spiro atoms. The number of pyridine rings is 1. The summed E-state index contributed by atoms with van der Waals surface area (Å²) in [5, 5.41) is 5.00. The van der Waals surface area contributed by atoms with Gasteiger partial charge in [-0.1, -0.05) is 11.6 Å². The van der Waals surface area contributed by atoms with E-state index in [4.69, 9.17) is 11.6 Å². The molecule has 88 valence electrons. The molecule has 0 aliphatic heterocycles. The molecular weight excluding hydrogens is 324 g/mol. The first-order chi connectivity index (χ1) is 8.08. The number of carbonyl (C=O) groups excluding carboxylic acids is 1. The van der Waals surface area contributed by atoms with Gasteiger partial charge in [0, 0.05) is 0 Å². The smallest absolute Gasteiger partial charge is 0.267 e. The van der Waals surface area contributed by atoms with E-state index < -0.39 is 0 Å². The van der Waals surface area contributed by atoms with Gasteiger partial charge < -0.3 is 5.32 Å². The number of aromatic nitrogens is 1.